The Balaban J connectivity index is 2.11. The van der Waals surface area contributed by atoms with E-state index < -0.39 is 5.60 Å². The molecule has 0 radical (unpaired) electrons. The fourth-order valence-corrected chi connectivity index (χ4v) is 3.24. The summed E-state index contributed by atoms with van der Waals surface area (Å²) in [7, 11) is 0. The first kappa shape index (κ1) is 10.2. The van der Waals surface area contributed by atoms with Crippen LogP contribution < -0.4 is 0 Å². The summed E-state index contributed by atoms with van der Waals surface area (Å²) in [6.07, 6.45) is 0.694. The zero-order valence-electron chi connectivity index (χ0n) is 8.57. The van der Waals surface area contributed by atoms with E-state index in [2.05, 4.69) is 0 Å². The van der Waals surface area contributed by atoms with Gasteiger partial charge in [0, 0.05) is 11.1 Å². The molecule has 0 spiro atoms. The smallest absolute Gasteiger partial charge is 0.137 e. The quantitative estimate of drug-likeness (QED) is 0.829. The second-order valence-electron chi connectivity index (χ2n) is 4.13. The van der Waals surface area contributed by atoms with Crippen molar-refractivity contribution < 1.29 is 13.9 Å². The van der Waals surface area contributed by atoms with Gasteiger partial charge in [-0.3, -0.25) is 0 Å². The predicted molar refractivity (Wildman–Crippen MR) is 62.0 cm³/mol. The maximum atomic E-state index is 13.0. The molecule has 1 atom stereocenters. The van der Waals surface area contributed by atoms with Gasteiger partial charge in [-0.1, -0.05) is 0 Å². The first-order valence-corrected chi connectivity index (χ1v) is 6.33. The van der Waals surface area contributed by atoms with Crippen molar-refractivity contribution in [2.45, 2.75) is 12.0 Å². The van der Waals surface area contributed by atoms with E-state index in [-0.39, 0.29) is 5.82 Å². The van der Waals surface area contributed by atoms with Crippen LogP contribution in [0, 0.1) is 5.82 Å². The highest BCUT2D eigenvalue weighted by Crippen LogP contribution is 2.38. The summed E-state index contributed by atoms with van der Waals surface area (Å²) in [4.78, 5) is 0. The molecule has 3 rings (SSSR count). The highest BCUT2D eigenvalue weighted by atomic mass is 32.2. The van der Waals surface area contributed by atoms with Gasteiger partial charge in [0.1, 0.15) is 22.8 Å². The number of fused-ring (bicyclic) bond motifs is 1. The largest absolute Gasteiger partial charge is 0.458 e. The molecule has 1 fully saturated rings. The molecule has 2 nitrogen and oxygen atoms in total. The van der Waals surface area contributed by atoms with Gasteiger partial charge in [-0.2, -0.15) is 11.8 Å². The Hall–Kier alpha value is -1.000. The van der Waals surface area contributed by atoms with E-state index in [0.717, 1.165) is 5.75 Å². The average molecular weight is 238 g/mol. The topological polar surface area (TPSA) is 33.4 Å². The fourth-order valence-electron chi connectivity index (χ4n) is 1.99. The van der Waals surface area contributed by atoms with Crippen LogP contribution in [0.2, 0.25) is 0 Å². The Kier molecular flexibility index (Phi) is 2.23. The summed E-state index contributed by atoms with van der Waals surface area (Å²) in [6.45, 7) is 0. The van der Waals surface area contributed by atoms with Crippen LogP contribution in [0.15, 0.2) is 28.7 Å². The number of halogens is 1. The zero-order valence-corrected chi connectivity index (χ0v) is 9.39. The van der Waals surface area contributed by atoms with Crippen LogP contribution in [0.1, 0.15) is 12.2 Å². The molecule has 0 bridgehead atoms. The van der Waals surface area contributed by atoms with Gasteiger partial charge in [0.05, 0.1) is 0 Å². The third kappa shape index (κ3) is 1.53. The molecule has 1 saturated heterocycles. The predicted octanol–water partition coefficient (Wildman–Crippen LogP) is 2.90. The molecule has 84 valence electrons. The lowest BCUT2D eigenvalue weighted by Gasteiger charge is -2.17. The Morgan fingerprint density at radius 1 is 1.38 bits per heavy atom. The van der Waals surface area contributed by atoms with Crippen LogP contribution in [0.4, 0.5) is 4.39 Å². The molecule has 0 amide bonds. The van der Waals surface area contributed by atoms with Crippen LogP contribution in [-0.2, 0) is 5.60 Å². The fraction of sp³-hybridized carbons (Fsp3) is 0.333. The molecular weight excluding hydrogens is 227 g/mol. The van der Waals surface area contributed by atoms with Crippen LogP contribution in [0.3, 0.4) is 0 Å². The number of rotatable bonds is 1. The van der Waals surface area contributed by atoms with Crippen molar-refractivity contribution >= 4 is 22.7 Å². The van der Waals surface area contributed by atoms with Crippen molar-refractivity contribution in [3.05, 3.63) is 35.8 Å². The van der Waals surface area contributed by atoms with Crippen LogP contribution in [0.5, 0.6) is 0 Å². The van der Waals surface area contributed by atoms with Gasteiger partial charge < -0.3 is 9.52 Å². The van der Waals surface area contributed by atoms with Crippen molar-refractivity contribution in [1.82, 2.24) is 0 Å². The van der Waals surface area contributed by atoms with Crippen LogP contribution >= 0.6 is 11.8 Å². The molecule has 1 aromatic carbocycles. The van der Waals surface area contributed by atoms with E-state index >= 15 is 0 Å². The Labute approximate surface area is 96.4 Å². The van der Waals surface area contributed by atoms with Crippen molar-refractivity contribution in [3.8, 4) is 0 Å². The van der Waals surface area contributed by atoms with E-state index in [1.165, 1.54) is 12.1 Å². The first-order valence-electron chi connectivity index (χ1n) is 5.17. The summed E-state index contributed by atoms with van der Waals surface area (Å²) in [6, 6.07) is 6.13. The highest BCUT2D eigenvalue weighted by Gasteiger charge is 2.36. The van der Waals surface area contributed by atoms with E-state index in [1.807, 2.05) is 0 Å². The third-order valence-electron chi connectivity index (χ3n) is 2.94. The number of thioether (sulfide) groups is 1. The second-order valence-corrected chi connectivity index (χ2v) is 5.23. The van der Waals surface area contributed by atoms with Gasteiger partial charge >= 0.3 is 0 Å². The second kappa shape index (κ2) is 3.50. The van der Waals surface area contributed by atoms with Gasteiger partial charge in [-0.25, -0.2) is 4.39 Å². The van der Waals surface area contributed by atoms with E-state index in [0.29, 0.717) is 28.9 Å². The SMILES string of the molecule is OC1(c2cc3cc(F)ccc3o2)CCSC1. The highest BCUT2D eigenvalue weighted by molar-refractivity contribution is 7.99. The number of benzene rings is 1. The van der Waals surface area contributed by atoms with E-state index in [9.17, 15) is 9.50 Å². The van der Waals surface area contributed by atoms with Crippen molar-refractivity contribution in [3.63, 3.8) is 0 Å². The maximum Gasteiger partial charge on any atom is 0.137 e. The van der Waals surface area contributed by atoms with Crippen molar-refractivity contribution in [1.29, 1.82) is 0 Å². The minimum Gasteiger partial charge on any atom is -0.458 e. The minimum atomic E-state index is -0.875. The van der Waals surface area contributed by atoms with Crippen LogP contribution in [0.25, 0.3) is 11.0 Å². The third-order valence-corrected chi connectivity index (χ3v) is 4.11. The lowest BCUT2D eigenvalue weighted by Crippen LogP contribution is -2.23. The van der Waals surface area contributed by atoms with Crippen LogP contribution in [-0.4, -0.2) is 16.6 Å². The Morgan fingerprint density at radius 3 is 3.00 bits per heavy atom. The molecule has 1 aliphatic heterocycles. The van der Waals surface area contributed by atoms with E-state index in [1.54, 1.807) is 23.9 Å². The summed E-state index contributed by atoms with van der Waals surface area (Å²) in [5, 5.41) is 11.0. The monoisotopic (exact) mass is 238 g/mol. The number of hydrogen-bond donors (Lipinski definition) is 1. The summed E-state index contributed by atoms with van der Waals surface area (Å²) >= 11 is 1.70. The number of aliphatic hydroxyl groups is 1. The normalized spacial score (nSPS) is 25.4. The molecule has 2 heterocycles. The van der Waals surface area contributed by atoms with Gasteiger partial charge in [-0.05, 0) is 36.4 Å². The summed E-state index contributed by atoms with van der Waals surface area (Å²) in [5.74, 6) is 1.85. The average Bonchev–Trinajstić information content (AvgIpc) is 2.84. The molecule has 1 aromatic heterocycles. The van der Waals surface area contributed by atoms with Gasteiger partial charge in [0.2, 0.25) is 0 Å². The van der Waals surface area contributed by atoms with Crippen molar-refractivity contribution in [2.24, 2.45) is 0 Å². The first-order chi connectivity index (χ1) is 7.67. The molecule has 1 N–H and O–H groups in total. The number of hydrogen-bond acceptors (Lipinski definition) is 3. The summed E-state index contributed by atoms with van der Waals surface area (Å²) < 4.78 is 18.6. The minimum absolute atomic E-state index is 0.285. The van der Waals surface area contributed by atoms with Gasteiger partial charge in [0.15, 0.2) is 0 Å². The molecule has 1 aliphatic rings. The molecule has 2 aromatic rings. The zero-order chi connectivity index (χ0) is 11.2. The lowest BCUT2D eigenvalue weighted by molar-refractivity contribution is 0.0438. The lowest BCUT2D eigenvalue weighted by atomic mass is 10.0. The van der Waals surface area contributed by atoms with Gasteiger partial charge in [-0.15, -0.1) is 0 Å². The summed E-state index contributed by atoms with van der Waals surface area (Å²) in [5.41, 5.74) is -0.248. The van der Waals surface area contributed by atoms with Crippen molar-refractivity contribution in [2.75, 3.05) is 11.5 Å². The van der Waals surface area contributed by atoms with E-state index in [4.69, 9.17) is 4.42 Å². The molecule has 1 unspecified atom stereocenters. The molecular formula is C12H11FO2S. The number of furan rings is 1. The molecule has 0 aliphatic carbocycles. The molecule has 4 heteroatoms. The molecule has 16 heavy (non-hydrogen) atoms. The maximum absolute atomic E-state index is 13.0. The Bertz CT molecular complexity index is 529. The standard InChI is InChI=1S/C12H11FO2S/c13-9-1-2-10-8(5-9)6-11(15-10)12(14)3-4-16-7-12/h1-2,5-6,14H,3-4,7H2. The Morgan fingerprint density at radius 2 is 2.25 bits per heavy atom. The van der Waals surface area contributed by atoms with Gasteiger partial charge in [0.25, 0.3) is 0 Å². The molecule has 0 saturated carbocycles.